The molecule has 0 N–H and O–H groups in total. The summed E-state index contributed by atoms with van der Waals surface area (Å²) in [6.45, 7) is 0. The summed E-state index contributed by atoms with van der Waals surface area (Å²) in [7, 11) is 0. The van der Waals surface area contributed by atoms with E-state index in [1.54, 1.807) is 11.3 Å². The van der Waals surface area contributed by atoms with Crippen LogP contribution in [0.4, 0.5) is 0 Å². The molecule has 1 aromatic carbocycles. The van der Waals surface area contributed by atoms with Crippen LogP contribution in [0.15, 0.2) is 59.3 Å². The van der Waals surface area contributed by atoms with Gasteiger partial charge in [-0.15, -0.1) is 11.3 Å². The van der Waals surface area contributed by atoms with Crippen molar-refractivity contribution < 1.29 is 0 Å². The van der Waals surface area contributed by atoms with Gasteiger partial charge in [0.15, 0.2) is 0 Å². The minimum Gasteiger partial charge on any atom is -0.152 e. The summed E-state index contributed by atoms with van der Waals surface area (Å²) in [5.74, 6) is 0. The highest BCUT2D eigenvalue weighted by atomic mass is 32.1. The summed E-state index contributed by atoms with van der Waals surface area (Å²) in [4.78, 5) is 1.36. The summed E-state index contributed by atoms with van der Waals surface area (Å²) in [6, 6.07) is 17.6. The Bertz CT molecular complexity index is 759. The average Bonchev–Trinajstić information content (AvgIpc) is 3.02. The van der Waals surface area contributed by atoms with Crippen molar-refractivity contribution >= 4 is 32.8 Å². The second kappa shape index (κ2) is 3.94. The van der Waals surface area contributed by atoms with Gasteiger partial charge >= 0.3 is 0 Å². The van der Waals surface area contributed by atoms with E-state index >= 15 is 0 Å². The second-order valence-corrected chi connectivity index (χ2v) is 6.18. The van der Waals surface area contributed by atoms with Gasteiger partial charge in [0.25, 0.3) is 0 Å². The van der Waals surface area contributed by atoms with Gasteiger partial charge in [0.05, 0.1) is 0 Å². The van der Waals surface area contributed by atoms with E-state index in [1.807, 2.05) is 11.3 Å². The number of benzene rings is 1. The average molecular weight is 266 g/mol. The first-order chi connectivity index (χ1) is 8.92. The van der Waals surface area contributed by atoms with Crippen molar-refractivity contribution in [3.8, 4) is 21.6 Å². The molecule has 0 fully saturated rings. The molecule has 1 aliphatic heterocycles. The first kappa shape index (κ1) is 10.3. The van der Waals surface area contributed by atoms with Crippen LogP contribution in [0.1, 0.15) is 0 Å². The normalized spacial score (nSPS) is 11.3. The van der Waals surface area contributed by atoms with Gasteiger partial charge in [-0.2, -0.15) is 11.3 Å². The molecule has 2 heterocycles. The lowest BCUT2D eigenvalue weighted by atomic mass is 10.1. The highest BCUT2D eigenvalue weighted by Crippen LogP contribution is 2.41. The van der Waals surface area contributed by atoms with Crippen LogP contribution in [0.25, 0.3) is 31.7 Å². The monoisotopic (exact) mass is 266 g/mol. The summed E-state index contributed by atoms with van der Waals surface area (Å²) < 4.78 is 1.36. The highest BCUT2D eigenvalue weighted by Gasteiger charge is 2.12. The fourth-order valence-corrected chi connectivity index (χ4v) is 4.09. The van der Waals surface area contributed by atoms with Crippen LogP contribution in [0.3, 0.4) is 0 Å². The number of hydrogen-bond donors (Lipinski definition) is 0. The predicted molar refractivity (Wildman–Crippen MR) is 81.8 cm³/mol. The fraction of sp³-hybridized carbons (Fsp3) is 0. The lowest BCUT2D eigenvalue weighted by molar-refractivity contribution is 1.82. The topological polar surface area (TPSA) is 0 Å². The molecule has 0 amide bonds. The molecule has 1 aromatic heterocycles. The molecule has 2 aliphatic rings. The van der Waals surface area contributed by atoms with Crippen LogP contribution < -0.4 is 0 Å². The van der Waals surface area contributed by atoms with Crippen molar-refractivity contribution in [2.45, 2.75) is 0 Å². The molecule has 4 rings (SSSR count). The minimum absolute atomic E-state index is 1.34. The van der Waals surface area contributed by atoms with E-state index in [4.69, 9.17) is 0 Å². The zero-order valence-corrected chi connectivity index (χ0v) is 11.2. The molecular weight excluding hydrogens is 256 g/mol. The minimum atomic E-state index is 1.34. The molecule has 0 bridgehead atoms. The van der Waals surface area contributed by atoms with Gasteiger partial charge in [-0.25, -0.2) is 0 Å². The van der Waals surface area contributed by atoms with E-state index in [0.29, 0.717) is 0 Å². The van der Waals surface area contributed by atoms with E-state index in [0.717, 1.165) is 0 Å². The van der Waals surface area contributed by atoms with Crippen molar-refractivity contribution in [2.24, 2.45) is 0 Å². The molecule has 0 saturated carbocycles. The molecule has 0 radical (unpaired) electrons. The lowest BCUT2D eigenvalue weighted by Crippen LogP contribution is -1.72. The van der Waals surface area contributed by atoms with E-state index in [1.165, 1.54) is 31.7 Å². The lowest BCUT2D eigenvalue weighted by Gasteiger charge is -2.00. The van der Waals surface area contributed by atoms with Crippen molar-refractivity contribution in [3.05, 3.63) is 59.3 Å². The van der Waals surface area contributed by atoms with Gasteiger partial charge in [-0.3, -0.25) is 0 Å². The van der Waals surface area contributed by atoms with Gasteiger partial charge in [0, 0.05) is 9.58 Å². The summed E-state index contributed by atoms with van der Waals surface area (Å²) in [5, 5.41) is 5.70. The standard InChI is InChI=1S/C16H10S2/c1-2-4-15-11(3-1)9-16(18-15)14-6-5-12-10-17-8-7-13(12)14/h1-10H. The van der Waals surface area contributed by atoms with Crippen LogP contribution in [0.2, 0.25) is 0 Å². The quantitative estimate of drug-likeness (QED) is 0.412. The number of rotatable bonds is 1. The molecule has 1 aliphatic carbocycles. The van der Waals surface area contributed by atoms with E-state index in [2.05, 4.69) is 59.3 Å². The highest BCUT2D eigenvalue weighted by molar-refractivity contribution is 7.22. The maximum absolute atomic E-state index is 2.30. The Morgan fingerprint density at radius 1 is 0.833 bits per heavy atom. The molecule has 0 saturated heterocycles. The first-order valence-corrected chi connectivity index (χ1v) is 7.62. The van der Waals surface area contributed by atoms with E-state index in [-0.39, 0.29) is 0 Å². The molecule has 2 heteroatoms. The number of fused-ring (bicyclic) bond motifs is 2. The maximum Gasteiger partial charge on any atom is 0.0361 e. The van der Waals surface area contributed by atoms with E-state index < -0.39 is 0 Å². The van der Waals surface area contributed by atoms with Crippen LogP contribution in [0.5, 0.6) is 0 Å². The second-order valence-electron chi connectivity index (χ2n) is 4.32. The van der Waals surface area contributed by atoms with Crippen molar-refractivity contribution in [2.75, 3.05) is 0 Å². The Morgan fingerprint density at radius 3 is 2.72 bits per heavy atom. The Balaban J connectivity index is 1.97. The summed E-state index contributed by atoms with van der Waals surface area (Å²) >= 11 is 3.62. The summed E-state index contributed by atoms with van der Waals surface area (Å²) in [5.41, 5.74) is 4.06. The molecule has 86 valence electrons. The molecule has 0 nitrogen and oxygen atoms in total. The Hall–Kier alpha value is -1.64. The molecule has 0 spiro atoms. The van der Waals surface area contributed by atoms with Crippen molar-refractivity contribution in [3.63, 3.8) is 0 Å². The van der Waals surface area contributed by atoms with Crippen molar-refractivity contribution in [1.82, 2.24) is 0 Å². The van der Waals surface area contributed by atoms with Crippen LogP contribution in [-0.2, 0) is 0 Å². The molecular formula is C16H10S2. The maximum atomic E-state index is 2.30. The van der Waals surface area contributed by atoms with E-state index in [9.17, 15) is 0 Å². The molecule has 18 heavy (non-hydrogen) atoms. The molecule has 2 aromatic rings. The van der Waals surface area contributed by atoms with Gasteiger partial charge in [-0.1, -0.05) is 30.3 Å². The summed E-state index contributed by atoms with van der Waals surface area (Å²) in [6.07, 6.45) is 0. The van der Waals surface area contributed by atoms with Crippen LogP contribution in [-0.4, -0.2) is 0 Å². The zero-order chi connectivity index (χ0) is 11.9. The Morgan fingerprint density at radius 2 is 1.78 bits per heavy atom. The van der Waals surface area contributed by atoms with Crippen LogP contribution in [0, 0.1) is 0 Å². The van der Waals surface area contributed by atoms with Crippen molar-refractivity contribution in [1.29, 1.82) is 0 Å². The predicted octanol–water partition coefficient (Wildman–Crippen LogP) is 5.73. The number of thiophene rings is 1. The first-order valence-electron chi connectivity index (χ1n) is 5.86. The fourth-order valence-electron chi connectivity index (χ4n) is 2.35. The number of hydrogen-bond acceptors (Lipinski definition) is 2. The Kier molecular flexibility index (Phi) is 2.25. The van der Waals surface area contributed by atoms with Crippen LogP contribution >= 0.6 is 22.7 Å². The largest absolute Gasteiger partial charge is 0.152 e. The zero-order valence-electron chi connectivity index (χ0n) is 9.59. The van der Waals surface area contributed by atoms with Gasteiger partial charge in [-0.05, 0) is 51.0 Å². The third-order valence-electron chi connectivity index (χ3n) is 3.23. The Labute approximate surface area is 113 Å². The third-order valence-corrected chi connectivity index (χ3v) is 5.06. The van der Waals surface area contributed by atoms with Gasteiger partial charge in [0.1, 0.15) is 0 Å². The van der Waals surface area contributed by atoms with Gasteiger partial charge < -0.3 is 0 Å². The van der Waals surface area contributed by atoms with Gasteiger partial charge in [0.2, 0.25) is 0 Å². The third kappa shape index (κ3) is 1.50. The smallest absolute Gasteiger partial charge is 0.0361 e. The molecule has 0 unspecified atom stereocenters. The SMILES string of the molecule is c1ccc2sc(-c3ccc4csccc3-4)cc2c1. The molecule has 0 atom stereocenters.